The first-order chi connectivity index (χ1) is 36.2. The minimum Gasteiger partial charge on any atom is -1.00 e. The molecule has 0 N–H and O–H groups in total. The molecule has 1 aliphatic heterocycles. The molecule has 435 valence electrons. The summed E-state index contributed by atoms with van der Waals surface area (Å²) in [6.07, 6.45) is 0. The van der Waals surface area contributed by atoms with Crippen LogP contribution in [0.15, 0.2) is 84.9 Å². The van der Waals surface area contributed by atoms with Crippen molar-refractivity contribution in [3.8, 4) is 45.2 Å². The maximum absolute atomic E-state index is 5.52. The van der Waals surface area contributed by atoms with E-state index in [1.165, 1.54) is 32.2 Å². The Hall–Kier alpha value is -4.66. The van der Waals surface area contributed by atoms with Crippen molar-refractivity contribution >= 4 is 112 Å². The van der Waals surface area contributed by atoms with Crippen LogP contribution in [-0.2, 0) is 40.1 Å². The Morgan fingerprint density at radius 2 is 0.753 bits per heavy atom. The Kier molecular flexibility index (Phi) is 24.8. The van der Waals surface area contributed by atoms with E-state index >= 15 is 0 Å². The number of aromatic nitrogens is 6. The molecule has 81 heavy (non-hydrogen) atoms. The summed E-state index contributed by atoms with van der Waals surface area (Å²) < 4.78 is 8.64. The molecule has 9 rings (SSSR count). The van der Waals surface area contributed by atoms with Gasteiger partial charge in [-0.15, -0.1) is 0 Å². The van der Waals surface area contributed by atoms with Crippen LogP contribution in [0.3, 0.4) is 0 Å². The van der Waals surface area contributed by atoms with Gasteiger partial charge in [-0.25, -0.2) is 4.98 Å². The SMILES string of the molecule is CN(C)C(SCc1ccc2c(c1)-c1cc-2nc2[n-]c(nc3nc(nc4[n-]c(c1)c1ccc(CSC(N(C)C)=[N+](C)C)cc41)-c1ccc(CSC(N(C)C)=[N+](C)C)cc1-3)c1ccc(CSC(N(C)C)=[N+](C)C)cc21)=[N+](C)C.[Cl-].[Cl-].[Cl-].[Cl-].[Cu+2]. The predicted molar refractivity (Wildman–Crippen MR) is 327 cm³/mol. The summed E-state index contributed by atoms with van der Waals surface area (Å²) in [5, 5.41) is 8.54. The van der Waals surface area contributed by atoms with E-state index in [-0.39, 0.29) is 66.7 Å². The third kappa shape index (κ3) is 15.2. The minimum absolute atomic E-state index is 0. The summed E-state index contributed by atoms with van der Waals surface area (Å²) >= 11 is 7.23. The first-order valence-electron chi connectivity index (χ1n) is 25.1. The molecular weight excluding hydrogens is 1230 g/mol. The molecule has 0 atom stereocenters. The molecule has 8 bridgehead atoms. The fourth-order valence-corrected chi connectivity index (χ4v) is 13.7. The summed E-state index contributed by atoms with van der Waals surface area (Å²) in [4.78, 5) is 41.1. The zero-order valence-electron chi connectivity index (χ0n) is 48.6. The molecule has 7 aromatic rings. The zero-order valence-corrected chi connectivity index (χ0v) is 55.9. The smallest absolute Gasteiger partial charge is 1.00 e. The van der Waals surface area contributed by atoms with Gasteiger partial charge in [0.05, 0.1) is 124 Å². The van der Waals surface area contributed by atoms with Crippen molar-refractivity contribution in [3.05, 3.63) is 107 Å². The van der Waals surface area contributed by atoms with Crippen molar-refractivity contribution in [1.29, 1.82) is 0 Å². The zero-order chi connectivity index (χ0) is 54.3. The molecule has 0 saturated heterocycles. The minimum atomic E-state index is 0. The number of hydrogen-bond donors (Lipinski definition) is 0. The van der Waals surface area contributed by atoms with Crippen LogP contribution in [0.5, 0.6) is 0 Å². The average Bonchev–Trinajstić information content (AvgIpc) is 4.08. The topological polar surface area (TPSA) is 105 Å². The molecule has 23 heteroatoms. The molecule has 3 aromatic heterocycles. The Labute approximate surface area is 530 Å². The summed E-state index contributed by atoms with van der Waals surface area (Å²) in [6.45, 7) is 0. The number of fused-ring (bicyclic) bond motifs is 20. The van der Waals surface area contributed by atoms with Gasteiger partial charge in [-0.1, -0.05) is 60.7 Å². The summed E-state index contributed by atoms with van der Waals surface area (Å²) in [6, 6.07) is 31.0. The van der Waals surface area contributed by atoms with Gasteiger partial charge in [0.1, 0.15) is 0 Å². The van der Waals surface area contributed by atoms with Crippen LogP contribution in [0.2, 0.25) is 0 Å². The molecule has 2 aliphatic rings. The number of nitrogens with zero attached hydrogens (tertiary/aromatic N) is 14. The Morgan fingerprint density at radius 1 is 0.383 bits per heavy atom. The van der Waals surface area contributed by atoms with E-state index in [1.807, 2.05) is 23.5 Å². The molecular formula is C58H70Cl4CuN14S4. The van der Waals surface area contributed by atoms with E-state index in [0.29, 0.717) is 28.6 Å². The summed E-state index contributed by atoms with van der Waals surface area (Å²) in [7, 11) is 33.4. The van der Waals surface area contributed by atoms with Crippen LogP contribution < -0.4 is 59.6 Å². The molecule has 0 saturated carbocycles. The molecule has 4 heterocycles. The third-order valence-corrected chi connectivity index (χ3v) is 18.7. The quantitative estimate of drug-likeness (QED) is 0.0671. The molecule has 14 nitrogen and oxygen atoms in total. The standard InChI is InChI=1S/C58H70N14S4.4ClH.Cu/c1-65(2)55(66(3)4)73-31-35-17-21-40-44(25-35)39-29-48(40)59-53-46-27-37(33-75-57(69(9)10)70(11)12)19-23-42(46)50(62-53)63-54-47-28-38(34-76-58(71(13)14)72(15)16)20-24-43(47)51(64-54)61-52-45-26-36(18-22-41(45)49(30-39)60-52)32-74-56(67(5)6)68(7)8;;;;;/h17-30H,31-34H2,1-16H3;4*1H;/q+2;;;;;+2/p-4. The van der Waals surface area contributed by atoms with Crippen LogP contribution >= 0.6 is 47.0 Å². The van der Waals surface area contributed by atoms with Gasteiger partial charge < -0.3 is 74.5 Å². The number of thioether (sulfide) groups is 4. The van der Waals surface area contributed by atoms with Crippen molar-refractivity contribution in [3.63, 3.8) is 0 Å². The Bertz CT molecular complexity index is 3500. The second-order valence-electron chi connectivity index (χ2n) is 20.8. The van der Waals surface area contributed by atoms with Crippen LogP contribution in [0, 0.1) is 0 Å². The molecule has 4 aromatic carbocycles. The molecule has 1 aliphatic carbocycles. The fourth-order valence-electron chi connectivity index (χ4n) is 9.77. The monoisotopic (exact) mass is 1290 g/mol. The molecule has 1 radical (unpaired) electrons. The third-order valence-electron chi connectivity index (χ3n) is 12.8. The van der Waals surface area contributed by atoms with E-state index in [2.05, 4.69) is 236 Å². The van der Waals surface area contributed by atoms with Gasteiger partial charge in [0.25, 0.3) is 0 Å². The summed E-state index contributed by atoms with van der Waals surface area (Å²) in [5.74, 6) is 4.24. The van der Waals surface area contributed by atoms with Crippen molar-refractivity contribution in [2.75, 3.05) is 113 Å². The molecule has 0 amide bonds. The van der Waals surface area contributed by atoms with Crippen LogP contribution in [0.4, 0.5) is 0 Å². The average molecular weight is 1300 g/mol. The summed E-state index contributed by atoms with van der Waals surface area (Å²) in [5.41, 5.74) is 13.2. The van der Waals surface area contributed by atoms with Gasteiger partial charge in [0.2, 0.25) is 0 Å². The second kappa shape index (κ2) is 29.2. The second-order valence-corrected chi connectivity index (χ2v) is 24.5. The molecule has 0 spiro atoms. The van der Waals surface area contributed by atoms with E-state index in [4.69, 9.17) is 29.9 Å². The van der Waals surface area contributed by atoms with Gasteiger partial charge in [-0.2, -0.15) is 0 Å². The first kappa shape index (κ1) is 68.8. The largest absolute Gasteiger partial charge is 2.00 e. The van der Waals surface area contributed by atoms with Crippen molar-refractivity contribution < 1.29 is 85.0 Å². The van der Waals surface area contributed by atoms with Crippen molar-refractivity contribution in [2.24, 2.45) is 0 Å². The first-order valence-corrected chi connectivity index (χ1v) is 29.1. The molecule has 0 unspecified atom stereocenters. The number of benzene rings is 4. The van der Waals surface area contributed by atoms with E-state index in [9.17, 15) is 0 Å². The normalized spacial score (nSPS) is 10.9. The van der Waals surface area contributed by atoms with Crippen molar-refractivity contribution in [2.45, 2.75) is 23.0 Å². The van der Waals surface area contributed by atoms with Gasteiger partial charge >= 0.3 is 37.7 Å². The van der Waals surface area contributed by atoms with Gasteiger partial charge in [-0.3, -0.25) is 37.9 Å². The Morgan fingerprint density at radius 3 is 1.21 bits per heavy atom. The number of halogens is 4. The molecule has 0 fully saturated rings. The maximum Gasteiger partial charge on any atom is 2.00 e. The van der Waals surface area contributed by atoms with Crippen LogP contribution in [0.1, 0.15) is 22.3 Å². The van der Waals surface area contributed by atoms with E-state index in [0.717, 1.165) is 94.3 Å². The fraction of sp³-hybridized carbons (Fsp3) is 0.345. The van der Waals surface area contributed by atoms with Gasteiger partial charge in [0, 0.05) is 51.1 Å². The van der Waals surface area contributed by atoms with E-state index in [1.54, 1.807) is 23.5 Å². The van der Waals surface area contributed by atoms with E-state index < -0.39 is 0 Å². The van der Waals surface area contributed by atoms with Crippen LogP contribution in [0.25, 0.3) is 89.2 Å². The van der Waals surface area contributed by atoms with Crippen LogP contribution in [-0.4, -0.2) is 191 Å². The number of hydrogen-bond acceptors (Lipinski definition) is 8. The predicted octanol–water partition coefficient (Wildman–Crippen LogP) is -2.96. The van der Waals surface area contributed by atoms with Crippen molar-refractivity contribution in [1.82, 2.24) is 49.5 Å². The number of amidine groups is 4. The maximum atomic E-state index is 5.52. The number of rotatable bonds is 8. The Balaban J connectivity index is 0.00000282. The van der Waals surface area contributed by atoms with Gasteiger partial charge in [0.15, 0.2) is 0 Å². The van der Waals surface area contributed by atoms with Gasteiger partial charge in [-0.05, 0) is 143 Å².